The van der Waals surface area contributed by atoms with E-state index in [-0.39, 0.29) is 11.7 Å². The molecule has 0 atom stereocenters. The number of nitrogens with zero attached hydrogens (tertiary/aromatic N) is 2. The molecule has 0 bridgehead atoms. The summed E-state index contributed by atoms with van der Waals surface area (Å²) in [5, 5.41) is 3.62. The standard InChI is InChI=1S/C22H21N3O4S/c1-14-11-21(25-22(23-14)15-3-6-17(27-2)7-4-15)30-13-20(26)24-16-5-8-18-19(12-16)29-10-9-28-18/h3-8,11-12H,9-10,13H2,1-2H3,(H,24,26). The summed E-state index contributed by atoms with van der Waals surface area (Å²) in [6, 6.07) is 14.8. The van der Waals surface area contributed by atoms with Crippen LogP contribution in [0, 0.1) is 6.92 Å². The van der Waals surface area contributed by atoms with Crippen molar-refractivity contribution in [3.63, 3.8) is 0 Å². The molecule has 0 fully saturated rings. The van der Waals surface area contributed by atoms with Crippen LogP contribution in [0.1, 0.15) is 5.69 Å². The van der Waals surface area contributed by atoms with Crippen LogP contribution in [0.2, 0.25) is 0 Å². The number of ether oxygens (including phenoxy) is 3. The molecule has 8 heteroatoms. The maximum Gasteiger partial charge on any atom is 0.234 e. The van der Waals surface area contributed by atoms with Gasteiger partial charge in [0.25, 0.3) is 0 Å². The summed E-state index contributed by atoms with van der Waals surface area (Å²) >= 11 is 1.36. The largest absolute Gasteiger partial charge is 0.497 e. The molecule has 0 saturated carbocycles. The van der Waals surface area contributed by atoms with Crippen molar-refractivity contribution in [2.75, 3.05) is 31.4 Å². The summed E-state index contributed by atoms with van der Waals surface area (Å²) < 4.78 is 16.2. The van der Waals surface area contributed by atoms with E-state index in [0.29, 0.717) is 36.2 Å². The Morgan fingerprint density at radius 2 is 1.83 bits per heavy atom. The smallest absolute Gasteiger partial charge is 0.234 e. The molecule has 1 amide bonds. The van der Waals surface area contributed by atoms with Gasteiger partial charge in [0, 0.05) is 23.0 Å². The number of hydrogen-bond donors (Lipinski definition) is 1. The molecule has 30 heavy (non-hydrogen) atoms. The Morgan fingerprint density at radius 3 is 2.60 bits per heavy atom. The van der Waals surface area contributed by atoms with E-state index in [0.717, 1.165) is 22.0 Å². The Morgan fingerprint density at radius 1 is 1.07 bits per heavy atom. The number of carbonyl (C=O) groups excluding carboxylic acids is 1. The Hall–Kier alpha value is -3.26. The SMILES string of the molecule is COc1ccc(-c2nc(C)cc(SCC(=O)Nc3ccc4c(c3)OCCO4)n2)cc1. The van der Waals surface area contributed by atoms with E-state index < -0.39 is 0 Å². The zero-order chi connectivity index (χ0) is 20.9. The third-order valence-electron chi connectivity index (χ3n) is 4.36. The maximum absolute atomic E-state index is 12.4. The summed E-state index contributed by atoms with van der Waals surface area (Å²) in [7, 11) is 1.63. The van der Waals surface area contributed by atoms with Crippen LogP contribution in [0.3, 0.4) is 0 Å². The molecule has 1 N–H and O–H groups in total. The normalized spacial score (nSPS) is 12.3. The van der Waals surface area contributed by atoms with Gasteiger partial charge < -0.3 is 19.5 Å². The number of methoxy groups -OCH3 is 1. The van der Waals surface area contributed by atoms with Crippen LogP contribution in [-0.2, 0) is 4.79 Å². The molecule has 154 valence electrons. The quantitative estimate of drug-likeness (QED) is 0.475. The molecule has 0 unspecified atom stereocenters. The van der Waals surface area contributed by atoms with Crippen molar-refractivity contribution in [3.05, 3.63) is 54.2 Å². The van der Waals surface area contributed by atoms with Crippen molar-refractivity contribution in [2.24, 2.45) is 0 Å². The summed E-state index contributed by atoms with van der Waals surface area (Å²) in [4.78, 5) is 21.5. The molecule has 4 rings (SSSR count). The zero-order valence-electron chi connectivity index (χ0n) is 16.7. The van der Waals surface area contributed by atoms with Crippen molar-refractivity contribution in [2.45, 2.75) is 11.9 Å². The van der Waals surface area contributed by atoms with Crippen molar-refractivity contribution in [1.29, 1.82) is 0 Å². The van der Waals surface area contributed by atoms with Crippen LogP contribution in [0.4, 0.5) is 5.69 Å². The van der Waals surface area contributed by atoms with Gasteiger partial charge >= 0.3 is 0 Å². The number of aryl methyl sites for hydroxylation is 1. The summed E-state index contributed by atoms with van der Waals surface area (Å²) in [6.07, 6.45) is 0. The average Bonchev–Trinajstić information content (AvgIpc) is 2.77. The Bertz CT molecular complexity index is 1060. The number of thioether (sulfide) groups is 1. The molecule has 2 aromatic carbocycles. The van der Waals surface area contributed by atoms with E-state index >= 15 is 0 Å². The topological polar surface area (TPSA) is 82.6 Å². The van der Waals surface area contributed by atoms with Crippen LogP contribution in [0.25, 0.3) is 11.4 Å². The van der Waals surface area contributed by atoms with Gasteiger partial charge in [0.2, 0.25) is 5.91 Å². The summed E-state index contributed by atoms with van der Waals surface area (Å²) in [5.74, 6) is 2.83. The maximum atomic E-state index is 12.4. The highest BCUT2D eigenvalue weighted by atomic mass is 32.2. The zero-order valence-corrected chi connectivity index (χ0v) is 17.5. The molecular formula is C22H21N3O4S. The Kier molecular flexibility index (Phi) is 6.04. The molecule has 1 aliphatic heterocycles. The lowest BCUT2D eigenvalue weighted by Crippen LogP contribution is -2.17. The molecule has 0 radical (unpaired) electrons. The molecule has 7 nitrogen and oxygen atoms in total. The fraction of sp³-hybridized carbons (Fsp3) is 0.227. The predicted octanol–water partition coefficient (Wildman–Crippen LogP) is 3.96. The van der Waals surface area contributed by atoms with E-state index in [9.17, 15) is 4.79 Å². The van der Waals surface area contributed by atoms with Crippen LogP contribution < -0.4 is 19.5 Å². The van der Waals surface area contributed by atoms with Crippen LogP contribution in [0.15, 0.2) is 53.6 Å². The Labute approximate surface area is 178 Å². The minimum Gasteiger partial charge on any atom is -0.497 e. The predicted molar refractivity (Wildman–Crippen MR) is 116 cm³/mol. The van der Waals surface area contributed by atoms with E-state index in [1.807, 2.05) is 37.3 Å². The average molecular weight is 423 g/mol. The van der Waals surface area contributed by atoms with Crippen LogP contribution in [-0.4, -0.2) is 42.0 Å². The van der Waals surface area contributed by atoms with E-state index in [1.54, 1.807) is 25.3 Å². The second-order valence-electron chi connectivity index (χ2n) is 6.59. The molecule has 2 heterocycles. The van der Waals surface area contributed by atoms with Crippen LogP contribution in [0.5, 0.6) is 17.2 Å². The third-order valence-corrected chi connectivity index (χ3v) is 5.27. The van der Waals surface area contributed by atoms with Gasteiger partial charge in [0.1, 0.15) is 24.0 Å². The second kappa shape index (κ2) is 9.04. The molecule has 0 saturated heterocycles. The minimum atomic E-state index is -0.126. The molecular weight excluding hydrogens is 402 g/mol. The molecule has 1 aromatic heterocycles. The Balaban J connectivity index is 1.40. The highest BCUT2D eigenvalue weighted by molar-refractivity contribution is 7.99. The van der Waals surface area contributed by atoms with Crippen molar-refractivity contribution in [1.82, 2.24) is 9.97 Å². The van der Waals surface area contributed by atoms with Gasteiger partial charge in [-0.25, -0.2) is 9.97 Å². The van der Waals surface area contributed by atoms with E-state index in [1.165, 1.54) is 11.8 Å². The molecule has 1 aliphatic rings. The third kappa shape index (κ3) is 4.83. The van der Waals surface area contributed by atoms with Crippen molar-refractivity contribution in [3.8, 4) is 28.6 Å². The van der Waals surface area contributed by atoms with E-state index in [4.69, 9.17) is 14.2 Å². The number of amides is 1. The van der Waals surface area contributed by atoms with Crippen LogP contribution >= 0.6 is 11.8 Å². The number of carbonyl (C=O) groups is 1. The fourth-order valence-corrected chi connectivity index (χ4v) is 3.70. The van der Waals surface area contributed by atoms with Gasteiger partial charge in [0.05, 0.1) is 12.9 Å². The first-order chi connectivity index (χ1) is 14.6. The number of benzene rings is 2. The number of hydrogen-bond acceptors (Lipinski definition) is 7. The highest BCUT2D eigenvalue weighted by Crippen LogP contribution is 2.32. The lowest BCUT2D eigenvalue weighted by Gasteiger charge is -2.19. The van der Waals surface area contributed by atoms with Gasteiger partial charge in [-0.15, -0.1) is 0 Å². The minimum absolute atomic E-state index is 0.126. The molecule has 0 aliphatic carbocycles. The van der Waals surface area contributed by atoms with Gasteiger partial charge in [-0.2, -0.15) is 0 Å². The first kappa shape index (κ1) is 20.0. The monoisotopic (exact) mass is 423 g/mol. The second-order valence-corrected chi connectivity index (χ2v) is 7.59. The number of rotatable bonds is 6. The summed E-state index contributed by atoms with van der Waals surface area (Å²) in [6.45, 7) is 2.95. The first-order valence-corrected chi connectivity index (χ1v) is 10.4. The molecule has 3 aromatic rings. The first-order valence-electron chi connectivity index (χ1n) is 9.43. The van der Waals surface area contributed by atoms with E-state index in [2.05, 4.69) is 15.3 Å². The van der Waals surface area contributed by atoms with Gasteiger partial charge in [-0.3, -0.25) is 4.79 Å². The summed E-state index contributed by atoms with van der Waals surface area (Å²) in [5.41, 5.74) is 2.40. The number of nitrogens with one attached hydrogen (secondary N) is 1. The van der Waals surface area contributed by atoms with Gasteiger partial charge in [-0.05, 0) is 49.4 Å². The lowest BCUT2D eigenvalue weighted by atomic mass is 10.2. The number of anilines is 1. The number of aromatic nitrogens is 2. The van der Waals surface area contributed by atoms with Crippen molar-refractivity contribution < 1.29 is 19.0 Å². The van der Waals surface area contributed by atoms with Gasteiger partial charge in [0.15, 0.2) is 17.3 Å². The lowest BCUT2D eigenvalue weighted by molar-refractivity contribution is -0.113. The van der Waals surface area contributed by atoms with Crippen molar-refractivity contribution >= 4 is 23.4 Å². The number of fused-ring (bicyclic) bond motifs is 1. The molecule has 0 spiro atoms. The van der Waals surface area contributed by atoms with Gasteiger partial charge in [-0.1, -0.05) is 11.8 Å². The highest BCUT2D eigenvalue weighted by Gasteiger charge is 2.13. The fourth-order valence-electron chi connectivity index (χ4n) is 2.94.